The first-order chi connectivity index (χ1) is 8.26. The monoisotopic (exact) mass is 240 g/mol. The summed E-state index contributed by atoms with van der Waals surface area (Å²) in [5, 5.41) is 8.84. The molecule has 0 aliphatic rings. The van der Waals surface area contributed by atoms with E-state index >= 15 is 0 Å². The van der Waals surface area contributed by atoms with E-state index in [0.29, 0.717) is 18.7 Å². The molecule has 0 aliphatic carbocycles. The Morgan fingerprint density at radius 2 is 2.29 bits per heavy atom. The molecule has 1 aromatic heterocycles. The van der Waals surface area contributed by atoms with Crippen LogP contribution in [0.2, 0.25) is 0 Å². The fourth-order valence-corrected chi connectivity index (χ4v) is 1.58. The number of hydrogen-bond acceptors (Lipinski definition) is 4. The molecule has 0 bridgehead atoms. The Morgan fingerprint density at radius 1 is 1.47 bits per heavy atom. The molecule has 96 valence electrons. The van der Waals surface area contributed by atoms with Crippen molar-refractivity contribution in [2.45, 2.75) is 45.8 Å². The summed E-state index contributed by atoms with van der Waals surface area (Å²) in [5.74, 6) is -0.113. The van der Waals surface area contributed by atoms with Crippen LogP contribution in [-0.2, 0) is 22.7 Å². The number of carbonyl (C=O) groups excluding carboxylic acids is 1. The lowest BCUT2D eigenvalue weighted by molar-refractivity contribution is -0.143. The van der Waals surface area contributed by atoms with E-state index < -0.39 is 0 Å². The van der Waals surface area contributed by atoms with Gasteiger partial charge >= 0.3 is 5.97 Å². The number of carbonyl (C=O) groups is 1. The van der Waals surface area contributed by atoms with Gasteiger partial charge in [-0.3, -0.25) is 4.79 Å². The van der Waals surface area contributed by atoms with Gasteiger partial charge in [0.15, 0.2) is 0 Å². The zero-order valence-corrected chi connectivity index (χ0v) is 10.3. The van der Waals surface area contributed by atoms with E-state index in [0.717, 1.165) is 25.8 Å². The van der Waals surface area contributed by atoms with Crippen LogP contribution < -0.4 is 0 Å². The number of rotatable bonds is 8. The molecule has 1 N–H and O–H groups in total. The highest BCUT2D eigenvalue weighted by molar-refractivity contribution is 5.69. The first-order valence-electron chi connectivity index (χ1n) is 6.03. The Hall–Kier alpha value is -1.36. The molecule has 1 aromatic rings. The van der Waals surface area contributed by atoms with Crippen LogP contribution in [0.3, 0.4) is 0 Å². The normalized spacial score (nSPS) is 10.5. The molecule has 0 fully saturated rings. The largest absolute Gasteiger partial charge is 0.466 e. The lowest BCUT2D eigenvalue weighted by Crippen LogP contribution is -2.03. The van der Waals surface area contributed by atoms with Crippen molar-refractivity contribution in [1.29, 1.82) is 0 Å². The number of esters is 1. The summed E-state index contributed by atoms with van der Waals surface area (Å²) in [6.45, 7) is 3.12. The van der Waals surface area contributed by atoms with E-state index in [1.165, 1.54) is 0 Å². The third-order valence-corrected chi connectivity index (χ3v) is 2.45. The lowest BCUT2D eigenvalue weighted by atomic mass is 10.2. The number of aromatic nitrogens is 2. The van der Waals surface area contributed by atoms with Gasteiger partial charge in [0.2, 0.25) is 0 Å². The summed E-state index contributed by atoms with van der Waals surface area (Å²) in [5.41, 5.74) is 0.691. The topological polar surface area (TPSA) is 64.4 Å². The Morgan fingerprint density at radius 3 is 2.94 bits per heavy atom. The smallest absolute Gasteiger partial charge is 0.305 e. The summed E-state index contributed by atoms with van der Waals surface area (Å²) in [6.07, 6.45) is 6.91. The van der Waals surface area contributed by atoms with Crippen molar-refractivity contribution in [2.24, 2.45) is 0 Å². The molecule has 0 atom stereocenters. The van der Waals surface area contributed by atoms with Crippen molar-refractivity contribution in [3.8, 4) is 0 Å². The second-order valence-corrected chi connectivity index (χ2v) is 3.88. The quantitative estimate of drug-likeness (QED) is 0.552. The van der Waals surface area contributed by atoms with Gasteiger partial charge in [-0.05, 0) is 19.8 Å². The SMILES string of the molecule is CCOC(=O)CCCCCn1cnc(CO)c1. The van der Waals surface area contributed by atoms with Crippen LogP contribution in [0.5, 0.6) is 0 Å². The van der Waals surface area contributed by atoms with Crippen LogP contribution in [-0.4, -0.2) is 27.2 Å². The average Bonchev–Trinajstić information content (AvgIpc) is 2.77. The Labute approximate surface area is 101 Å². The second-order valence-electron chi connectivity index (χ2n) is 3.88. The number of unbranched alkanes of at least 4 members (excludes halogenated alkanes) is 2. The molecule has 0 amide bonds. The van der Waals surface area contributed by atoms with E-state index in [2.05, 4.69) is 4.98 Å². The van der Waals surface area contributed by atoms with E-state index in [-0.39, 0.29) is 12.6 Å². The van der Waals surface area contributed by atoms with E-state index in [1.54, 1.807) is 6.33 Å². The maximum atomic E-state index is 11.1. The number of ether oxygens (including phenoxy) is 1. The molecular formula is C12H20N2O3. The Bertz CT molecular complexity index is 336. The maximum Gasteiger partial charge on any atom is 0.305 e. The molecule has 0 spiro atoms. The van der Waals surface area contributed by atoms with Crippen molar-refractivity contribution in [3.05, 3.63) is 18.2 Å². The second kappa shape index (κ2) is 7.84. The molecule has 0 unspecified atom stereocenters. The minimum absolute atomic E-state index is 0.0180. The molecule has 0 aliphatic heterocycles. The van der Waals surface area contributed by atoms with Gasteiger partial charge in [-0.15, -0.1) is 0 Å². The van der Waals surface area contributed by atoms with Crippen molar-refractivity contribution >= 4 is 5.97 Å². The highest BCUT2D eigenvalue weighted by Crippen LogP contribution is 2.04. The zero-order valence-electron chi connectivity index (χ0n) is 10.3. The fraction of sp³-hybridized carbons (Fsp3) is 0.667. The van der Waals surface area contributed by atoms with Gasteiger partial charge in [0.25, 0.3) is 0 Å². The molecular weight excluding hydrogens is 220 g/mol. The number of aliphatic hydroxyl groups is 1. The standard InChI is InChI=1S/C12H20N2O3/c1-2-17-12(16)6-4-3-5-7-14-8-11(9-15)13-10-14/h8,10,15H,2-7,9H2,1H3. The summed E-state index contributed by atoms with van der Waals surface area (Å²) >= 11 is 0. The van der Waals surface area contributed by atoms with Crippen LogP contribution in [0.4, 0.5) is 0 Å². The van der Waals surface area contributed by atoms with Crippen molar-refractivity contribution in [2.75, 3.05) is 6.61 Å². The van der Waals surface area contributed by atoms with Gasteiger partial charge in [0.05, 0.1) is 25.2 Å². The Balaban J connectivity index is 2.06. The number of hydrogen-bond donors (Lipinski definition) is 1. The summed E-state index contributed by atoms with van der Waals surface area (Å²) in [4.78, 5) is 15.1. The van der Waals surface area contributed by atoms with Gasteiger partial charge in [-0.2, -0.15) is 0 Å². The Kier molecular flexibility index (Phi) is 6.32. The van der Waals surface area contributed by atoms with Gasteiger partial charge in [0.1, 0.15) is 0 Å². The predicted octanol–water partition coefficient (Wildman–Crippen LogP) is 1.50. The molecule has 1 rings (SSSR count). The van der Waals surface area contributed by atoms with Gasteiger partial charge in [-0.25, -0.2) is 4.98 Å². The van der Waals surface area contributed by atoms with Gasteiger partial charge < -0.3 is 14.4 Å². The predicted molar refractivity (Wildman–Crippen MR) is 63.3 cm³/mol. The van der Waals surface area contributed by atoms with Gasteiger partial charge in [0, 0.05) is 19.2 Å². The highest BCUT2D eigenvalue weighted by Gasteiger charge is 2.01. The maximum absolute atomic E-state index is 11.1. The average molecular weight is 240 g/mol. The number of nitrogens with zero attached hydrogens (tertiary/aromatic N) is 2. The molecule has 0 radical (unpaired) electrons. The molecule has 5 nitrogen and oxygen atoms in total. The van der Waals surface area contributed by atoms with Crippen LogP contribution in [0, 0.1) is 0 Å². The summed E-state index contributed by atoms with van der Waals surface area (Å²) in [7, 11) is 0. The first-order valence-corrected chi connectivity index (χ1v) is 6.03. The minimum atomic E-state index is -0.113. The molecule has 17 heavy (non-hydrogen) atoms. The molecule has 0 saturated heterocycles. The van der Waals surface area contributed by atoms with E-state index in [1.807, 2.05) is 17.7 Å². The molecule has 1 heterocycles. The van der Waals surface area contributed by atoms with E-state index in [4.69, 9.17) is 9.84 Å². The van der Waals surface area contributed by atoms with Crippen LogP contribution in [0.25, 0.3) is 0 Å². The number of imidazole rings is 1. The van der Waals surface area contributed by atoms with Crippen molar-refractivity contribution < 1.29 is 14.6 Å². The van der Waals surface area contributed by atoms with Crippen LogP contribution in [0.1, 0.15) is 38.3 Å². The van der Waals surface area contributed by atoms with Crippen molar-refractivity contribution in [1.82, 2.24) is 9.55 Å². The van der Waals surface area contributed by atoms with Crippen LogP contribution >= 0.6 is 0 Å². The third kappa shape index (κ3) is 5.49. The minimum Gasteiger partial charge on any atom is -0.466 e. The third-order valence-electron chi connectivity index (χ3n) is 2.45. The zero-order chi connectivity index (χ0) is 12.5. The molecule has 5 heteroatoms. The van der Waals surface area contributed by atoms with Crippen LogP contribution in [0.15, 0.2) is 12.5 Å². The number of aliphatic hydroxyl groups excluding tert-OH is 1. The fourth-order valence-electron chi connectivity index (χ4n) is 1.58. The summed E-state index contributed by atoms with van der Waals surface area (Å²) in [6, 6.07) is 0. The number of aryl methyl sites for hydroxylation is 1. The van der Waals surface area contributed by atoms with E-state index in [9.17, 15) is 4.79 Å². The molecule has 0 saturated carbocycles. The van der Waals surface area contributed by atoms with Gasteiger partial charge in [-0.1, -0.05) is 6.42 Å². The summed E-state index contributed by atoms with van der Waals surface area (Å²) < 4.78 is 6.80. The van der Waals surface area contributed by atoms with Crippen molar-refractivity contribution in [3.63, 3.8) is 0 Å². The molecule has 0 aromatic carbocycles. The highest BCUT2D eigenvalue weighted by atomic mass is 16.5. The first kappa shape index (κ1) is 13.7. The lowest BCUT2D eigenvalue weighted by Gasteiger charge is -2.03.